The van der Waals surface area contributed by atoms with Gasteiger partial charge in [-0.05, 0) is 54.0 Å². The van der Waals surface area contributed by atoms with Gasteiger partial charge in [0.05, 0.1) is 11.7 Å². The molecule has 17 heavy (non-hydrogen) atoms. The van der Waals surface area contributed by atoms with Gasteiger partial charge in [-0.1, -0.05) is 12.1 Å². The summed E-state index contributed by atoms with van der Waals surface area (Å²) in [6.45, 7) is 3.21. The number of aliphatic hydroxyl groups excluding tert-OH is 1. The Kier molecular flexibility index (Phi) is 4.04. The van der Waals surface area contributed by atoms with Gasteiger partial charge in [-0.15, -0.1) is 0 Å². The smallest absolute Gasteiger partial charge is 0.255 e. The summed E-state index contributed by atoms with van der Waals surface area (Å²) in [5.41, 5.74) is 1.87. The van der Waals surface area contributed by atoms with Gasteiger partial charge in [-0.2, -0.15) is 0 Å². The van der Waals surface area contributed by atoms with E-state index in [1.807, 2.05) is 25.1 Å². The van der Waals surface area contributed by atoms with E-state index >= 15 is 0 Å². The van der Waals surface area contributed by atoms with E-state index in [1.54, 1.807) is 4.90 Å². The van der Waals surface area contributed by atoms with E-state index in [1.165, 1.54) is 0 Å². The zero-order valence-electron chi connectivity index (χ0n) is 9.82. The highest BCUT2D eigenvalue weighted by atomic mass is 127. The Labute approximate surface area is 115 Å². The fraction of sp³-hybridized carbons (Fsp3) is 0.462. The predicted molar refractivity (Wildman–Crippen MR) is 75.0 cm³/mol. The summed E-state index contributed by atoms with van der Waals surface area (Å²) in [5, 5.41) is 9.60. The molecule has 0 saturated carbocycles. The van der Waals surface area contributed by atoms with Gasteiger partial charge >= 0.3 is 0 Å². The summed E-state index contributed by atoms with van der Waals surface area (Å²) in [6, 6.07) is 5.77. The molecule has 2 rings (SSSR count). The first-order valence-electron chi connectivity index (χ1n) is 5.82. The van der Waals surface area contributed by atoms with Gasteiger partial charge < -0.3 is 10.0 Å². The van der Waals surface area contributed by atoms with Crippen molar-refractivity contribution < 1.29 is 9.90 Å². The van der Waals surface area contributed by atoms with E-state index in [2.05, 4.69) is 22.6 Å². The molecule has 1 fully saturated rings. The lowest BCUT2D eigenvalue weighted by Crippen LogP contribution is -2.42. The van der Waals surface area contributed by atoms with Crippen LogP contribution in [0.1, 0.15) is 28.8 Å². The maximum atomic E-state index is 12.3. The average Bonchev–Trinajstić information content (AvgIpc) is 2.32. The van der Waals surface area contributed by atoms with Gasteiger partial charge in [0.2, 0.25) is 0 Å². The summed E-state index contributed by atoms with van der Waals surface area (Å²) < 4.78 is 1.01. The first-order chi connectivity index (χ1) is 8.09. The molecule has 1 amide bonds. The molecule has 92 valence electrons. The highest BCUT2D eigenvalue weighted by molar-refractivity contribution is 14.1. The molecule has 1 N–H and O–H groups in total. The van der Waals surface area contributed by atoms with E-state index in [0.29, 0.717) is 6.54 Å². The number of hydrogen-bond acceptors (Lipinski definition) is 2. The number of β-amino-alcohol motifs (C(OH)–C–C–N with tert-alkyl or cyclic N) is 1. The van der Waals surface area contributed by atoms with Crippen molar-refractivity contribution in [3.8, 4) is 0 Å². The third kappa shape index (κ3) is 2.80. The molecule has 0 unspecified atom stereocenters. The summed E-state index contributed by atoms with van der Waals surface area (Å²) in [7, 11) is 0. The molecule has 1 aromatic rings. The zero-order valence-corrected chi connectivity index (χ0v) is 12.0. The molecule has 0 aliphatic carbocycles. The standard InChI is InChI=1S/C13H16INO2/c1-9-4-2-6-11(12(9)14)13(17)15-7-3-5-10(16)8-15/h2,4,6,10,16H,3,5,7-8H2,1H3/t10-/m0/s1. The van der Waals surface area contributed by atoms with E-state index < -0.39 is 0 Å². The molecule has 1 heterocycles. The van der Waals surface area contributed by atoms with Crippen molar-refractivity contribution in [1.29, 1.82) is 0 Å². The number of piperidine rings is 1. The molecule has 0 radical (unpaired) electrons. The summed E-state index contributed by atoms with van der Waals surface area (Å²) >= 11 is 2.21. The second kappa shape index (κ2) is 5.35. The Morgan fingerprint density at radius 2 is 2.29 bits per heavy atom. The largest absolute Gasteiger partial charge is 0.391 e. The number of benzene rings is 1. The molecule has 1 atom stereocenters. The molecule has 1 aliphatic rings. The Morgan fingerprint density at radius 3 is 3.00 bits per heavy atom. The number of amides is 1. The maximum absolute atomic E-state index is 12.3. The van der Waals surface area contributed by atoms with Crippen LogP contribution in [0.2, 0.25) is 0 Å². The molecule has 0 bridgehead atoms. The molecule has 3 nitrogen and oxygen atoms in total. The number of likely N-dealkylation sites (tertiary alicyclic amines) is 1. The van der Waals surface area contributed by atoms with Gasteiger partial charge in [0, 0.05) is 16.7 Å². The number of carbonyl (C=O) groups excluding carboxylic acids is 1. The normalized spacial score (nSPS) is 20.4. The lowest BCUT2D eigenvalue weighted by atomic mass is 10.1. The molecule has 0 aromatic heterocycles. The third-order valence-electron chi connectivity index (χ3n) is 3.11. The minimum absolute atomic E-state index is 0.0388. The summed E-state index contributed by atoms with van der Waals surface area (Å²) in [4.78, 5) is 14.1. The van der Waals surface area contributed by atoms with Crippen LogP contribution in [0.5, 0.6) is 0 Å². The lowest BCUT2D eigenvalue weighted by Gasteiger charge is -2.30. The van der Waals surface area contributed by atoms with Crippen molar-refractivity contribution in [1.82, 2.24) is 4.90 Å². The van der Waals surface area contributed by atoms with Gasteiger partial charge in [-0.25, -0.2) is 0 Å². The second-order valence-electron chi connectivity index (χ2n) is 4.48. The van der Waals surface area contributed by atoms with Gasteiger partial charge in [0.15, 0.2) is 0 Å². The Hall–Kier alpha value is -0.620. The van der Waals surface area contributed by atoms with E-state index in [9.17, 15) is 9.90 Å². The van der Waals surface area contributed by atoms with Crippen LogP contribution in [0, 0.1) is 10.5 Å². The average molecular weight is 345 g/mol. The van der Waals surface area contributed by atoms with Crippen LogP contribution < -0.4 is 0 Å². The number of aliphatic hydroxyl groups is 1. The molecule has 1 aliphatic heterocycles. The zero-order chi connectivity index (χ0) is 12.4. The van der Waals surface area contributed by atoms with Crippen molar-refractivity contribution >= 4 is 28.5 Å². The van der Waals surface area contributed by atoms with Crippen molar-refractivity contribution in [2.75, 3.05) is 13.1 Å². The Bertz CT molecular complexity index is 433. The third-order valence-corrected chi connectivity index (χ3v) is 4.54. The number of halogens is 1. The Balaban J connectivity index is 2.22. The predicted octanol–water partition coefficient (Wildman–Crippen LogP) is 2.20. The van der Waals surface area contributed by atoms with Crippen LogP contribution >= 0.6 is 22.6 Å². The van der Waals surface area contributed by atoms with Crippen LogP contribution in [0.3, 0.4) is 0 Å². The van der Waals surface area contributed by atoms with Gasteiger partial charge in [0.25, 0.3) is 5.91 Å². The van der Waals surface area contributed by atoms with Crippen LogP contribution in [-0.2, 0) is 0 Å². The first-order valence-corrected chi connectivity index (χ1v) is 6.90. The van der Waals surface area contributed by atoms with Crippen molar-refractivity contribution in [2.45, 2.75) is 25.9 Å². The molecule has 4 heteroatoms. The SMILES string of the molecule is Cc1cccc(C(=O)N2CCC[C@H](O)C2)c1I. The fourth-order valence-corrected chi connectivity index (χ4v) is 2.71. The van der Waals surface area contributed by atoms with Crippen LogP contribution in [0.4, 0.5) is 0 Å². The molecule has 1 aromatic carbocycles. The monoisotopic (exact) mass is 345 g/mol. The molecular weight excluding hydrogens is 329 g/mol. The number of carbonyl (C=O) groups is 1. The van der Waals surface area contributed by atoms with E-state index in [4.69, 9.17) is 0 Å². The molecule has 0 spiro atoms. The minimum atomic E-state index is -0.366. The molecular formula is C13H16INO2. The van der Waals surface area contributed by atoms with E-state index in [0.717, 1.165) is 34.1 Å². The minimum Gasteiger partial charge on any atom is -0.391 e. The fourth-order valence-electron chi connectivity index (χ4n) is 2.12. The van der Waals surface area contributed by atoms with Crippen molar-refractivity contribution in [2.24, 2.45) is 0 Å². The number of rotatable bonds is 1. The second-order valence-corrected chi connectivity index (χ2v) is 5.56. The lowest BCUT2D eigenvalue weighted by molar-refractivity contribution is 0.0473. The van der Waals surface area contributed by atoms with Gasteiger partial charge in [-0.3, -0.25) is 4.79 Å². The van der Waals surface area contributed by atoms with Crippen LogP contribution in [-0.4, -0.2) is 35.1 Å². The topological polar surface area (TPSA) is 40.5 Å². The van der Waals surface area contributed by atoms with Crippen LogP contribution in [0.25, 0.3) is 0 Å². The number of nitrogens with zero attached hydrogens (tertiary/aromatic N) is 1. The Morgan fingerprint density at radius 1 is 1.53 bits per heavy atom. The summed E-state index contributed by atoms with van der Waals surface area (Å²) in [5.74, 6) is 0.0388. The quantitative estimate of drug-likeness (QED) is 0.793. The highest BCUT2D eigenvalue weighted by Crippen LogP contribution is 2.20. The van der Waals surface area contributed by atoms with Crippen LogP contribution in [0.15, 0.2) is 18.2 Å². The van der Waals surface area contributed by atoms with E-state index in [-0.39, 0.29) is 12.0 Å². The van der Waals surface area contributed by atoms with Crippen molar-refractivity contribution in [3.05, 3.63) is 32.9 Å². The first kappa shape index (κ1) is 12.8. The maximum Gasteiger partial charge on any atom is 0.255 e. The molecule has 1 saturated heterocycles. The van der Waals surface area contributed by atoms with Gasteiger partial charge in [0.1, 0.15) is 0 Å². The number of aryl methyl sites for hydroxylation is 1. The highest BCUT2D eigenvalue weighted by Gasteiger charge is 2.24. The number of hydrogen-bond donors (Lipinski definition) is 1. The van der Waals surface area contributed by atoms with Crippen molar-refractivity contribution in [3.63, 3.8) is 0 Å². The summed E-state index contributed by atoms with van der Waals surface area (Å²) in [6.07, 6.45) is 1.32.